The van der Waals surface area contributed by atoms with Crippen molar-refractivity contribution in [3.8, 4) is 6.07 Å². The van der Waals surface area contributed by atoms with E-state index in [4.69, 9.17) is 10.4 Å². The number of carbonyl (C=O) groups excluding carboxylic acids is 1. The summed E-state index contributed by atoms with van der Waals surface area (Å²) in [5, 5.41) is 20.9. The minimum atomic E-state index is -0.386. The monoisotopic (exact) mass is 263 g/mol. The number of carbonyl (C=O) groups is 1. The highest BCUT2D eigenvalue weighted by atomic mass is 16.3. The smallest absolute Gasteiger partial charge is 0.266 e. The van der Waals surface area contributed by atoms with Crippen molar-refractivity contribution in [2.75, 3.05) is 19.7 Å². The van der Waals surface area contributed by atoms with Crippen LogP contribution in [0.3, 0.4) is 0 Å². The largest absolute Gasteiger partial charge is 0.394 e. The van der Waals surface area contributed by atoms with E-state index in [1.165, 1.54) is 11.1 Å². The van der Waals surface area contributed by atoms with Crippen molar-refractivity contribution in [3.05, 3.63) is 37.1 Å². The predicted octanol–water partition coefficient (Wildman–Crippen LogP) is 0.955. The van der Waals surface area contributed by atoms with Crippen molar-refractivity contribution in [3.63, 3.8) is 0 Å². The second-order valence-electron chi connectivity index (χ2n) is 3.91. The second kappa shape index (κ2) is 9.92. The summed E-state index contributed by atoms with van der Waals surface area (Å²) in [6, 6.07) is 1.70. The first-order valence-corrected chi connectivity index (χ1v) is 6.12. The lowest BCUT2D eigenvalue weighted by molar-refractivity contribution is -0.125. The molecule has 104 valence electrons. The van der Waals surface area contributed by atoms with Crippen LogP contribution in [0.25, 0.3) is 0 Å². The molecule has 19 heavy (non-hydrogen) atoms. The summed E-state index contributed by atoms with van der Waals surface area (Å²) in [5.41, 5.74) is -0.00407. The van der Waals surface area contributed by atoms with Gasteiger partial charge in [0.1, 0.15) is 11.6 Å². The van der Waals surface area contributed by atoms with Gasteiger partial charge < -0.3 is 15.3 Å². The van der Waals surface area contributed by atoms with Gasteiger partial charge in [0.2, 0.25) is 0 Å². The van der Waals surface area contributed by atoms with E-state index < -0.39 is 0 Å². The molecule has 0 aliphatic carbocycles. The summed E-state index contributed by atoms with van der Waals surface area (Å²) < 4.78 is 0. The summed E-state index contributed by atoms with van der Waals surface area (Å²) in [6.45, 7) is 9.69. The van der Waals surface area contributed by atoms with Crippen LogP contribution in [-0.2, 0) is 4.79 Å². The Kier molecular flexibility index (Phi) is 8.84. The Bertz CT molecular complexity index is 369. The zero-order valence-corrected chi connectivity index (χ0v) is 11.3. The number of hydrogen-bond donors (Lipinski definition) is 2. The lowest BCUT2D eigenvalue weighted by Gasteiger charge is -2.19. The summed E-state index contributed by atoms with van der Waals surface area (Å²) in [4.78, 5) is 13.5. The molecule has 0 saturated heterocycles. The van der Waals surface area contributed by atoms with E-state index in [-0.39, 0.29) is 24.1 Å². The first kappa shape index (κ1) is 16.9. The third kappa shape index (κ3) is 5.89. The minimum Gasteiger partial charge on any atom is -0.394 e. The first-order valence-electron chi connectivity index (χ1n) is 6.12. The summed E-state index contributed by atoms with van der Waals surface area (Å²) >= 11 is 0. The molecule has 5 heteroatoms. The molecule has 0 fully saturated rings. The second-order valence-corrected chi connectivity index (χ2v) is 3.91. The quantitative estimate of drug-likeness (QED) is 0.369. The SMILES string of the molecule is C=CCN(CC=C)C(=O)/C(C#N)=C\NC(CC)CO. The van der Waals surface area contributed by atoms with Crippen molar-refractivity contribution >= 4 is 5.91 Å². The molecule has 0 spiro atoms. The fraction of sp³-hybridized carbons (Fsp3) is 0.429. The van der Waals surface area contributed by atoms with E-state index in [1.54, 1.807) is 12.2 Å². The molecule has 0 aromatic heterocycles. The van der Waals surface area contributed by atoms with E-state index in [1.807, 2.05) is 13.0 Å². The van der Waals surface area contributed by atoms with E-state index in [0.717, 1.165) is 0 Å². The number of nitrogens with zero attached hydrogens (tertiary/aromatic N) is 2. The zero-order chi connectivity index (χ0) is 14.7. The summed E-state index contributed by atoms with van der Waals surface area (Å²) in [6.07, 6.45) is 5.23. The number of nitrogens with one attached hydrogen (secondary N) is 1. The van der Waals surface area contributed by atoms with Crippen LogP contribution in [0.2, 0.25) is 0 Å². The fourth-order valence-electron chi connectivity index (χ4n) is 1.37. The van der Waals surface area contributed by atoms with Gasteiger partial charge in [-0.2, -0.15) is 5.26 Å². The molecule has 0 radical (unpaired) electrons. The van der Waals surface area contributed by atoms with Crippen LogP contribution in [0.15, 0.2) is 37.1 Å². The molecular weight excluding hydrogens is 242 g/mol. The Labute approximate surface area is 114 Å². The molecule has 0 aromatic carbocycles. The number of hydrogen-bond acceptors (Lipinski definition) is 4. The normalized spacial score (nSPS) is 12.2. The molecule has 5 nitrogen and oxygen atoms in total. The molecule has 1 atom stereocenters. The van der Waals surface area contributed by atoms with Crippen molar-refractivity contribution in [1.29, 1.82) is 5.26 Å². The van der Waals surface area contributed by atoms with Gasteiger partial charge in [0.25, 0.3) is 5.91 Å². The molecule has 1 amide bonds. The number of amides is 1. The van der Waals surface area contributed by atoms with Gasteiger partial charge in [-0.3, -0.25) is 4.79 Å². The standard InChI is InChI=1S/C14H21N3O2/c1-4-7-17(8-5-2)14(19)12(9-15)10-16-13(6-3)11-18/h4-5,10,13,16,18H,1-2,6-8,11H2,3H3/b12-10-. The molecule has 1 unspecified atom stereocenters. The molecule has 2 N–H and O–H groups in total. The Morgan fingerprint density at radius 1 is 1.47 bits per heavy atom. The highest BCUT2D eigenvalue weighted by Gasteiger charge is 2.16. The summed E-state index contributed by atoms with van der Waals surface area (Å²) in [5.74, 6) is -0.386. The molecule has 0 bridgehead atoms. The van der Waals surface area contributed by atoms with Crippen molar-refractivity contribution in [1.82, 2.24) is 10.2 Å². The molecule has 0 rings (SSSR count). The van der Waals surface area contributed by atoms with Crippen LogP contribution >= 0.6 is 0 Å². The first-order chi connectivity index (χ1) is 9.14. The highest BCUT2D eigenvalue weighted by molar-refractivity contribution is 5.97. The van der Waals surface area contributed by atoms with Gasteiger partial charge in [0.05, 0.1) is 6.61 Å². The predicted molar refractivity (Wildman–Crippen MR) is 75.0 cm³/mol. The van der Waals surface area contributed by atoms with Crippen molar-refractivity contribution in [2.45, 2.75) is 19.4 Å². The molecule has 0 aliphatic rings. The van der Waals surface area contributed by atoms with Crippen LogP contribution in [0, 0.1) is 11.3 Å². The minimum absolute atomic E-state index is 0.00407. The van der Waals surface area contributed by atoms with E-state index >= 15 is 0 Å². The van der Waals surface area contributed by atoms with Crippen molar-refractivity contribution < 1.29 is 9.90 Å². The third-order valence-electron chi connectivity index (χ3n) is 2.51. The molecule has 0 aliphatic heterocycles. The lowest BCUT2D eigenvalue weighted by atomic mass is 10.2. The van der Waals surface area contributed by atoms with Crippen LogP contribution < -0.4 is 5.32 Å². The Hall–Kier alpha value is -2.06. The molecule has 0 saturated carbocycles. The van der Waals surface area contributed by atoms with Crippen LogP contribution in [0.1, 0.15) is 13.3 Å². The number of nitriles is 1. The number of rotatable bonds is 9. The van der Waals surface area contributed by atoms with Gasteiger partial charge in [-0.1, -0.05) is 19.1 Å². The topological polar surface area (TPSA) is 76.4 Å². The number of aliphatic hydroxyl groups excluding tert-OH is 1. The van der Waals surface area contributed by atoms with Gasteiger partial charge in [-0.05, 0) is 6.42 Å². The van der Waals surface area contributed by atoms with Gasteiger partial charge in [0, 0.05) is 25.3 Å². The highest BCUT2D eigenvalue weighted by Crippen LogP contribution is 2.02. The average molecular weight is 263 g/mol. The maximum absolute atomic E-state index is 12.1. The maximum atomic E-state index is 12.1. The third-order valence-corrected chi connectivity index (χ3v) is 2.51. The Morgan fingerprint density at radius 3 is 2.42 bits per heavy atom. The van der Waals surface area contributed by atoms with E-state index in [0.29, 0.717) is 19.5 Å². The Balaban J connectivity index is 4.86. The fourth-order valence-corrected chi connectivity index (χ4v) is 1.37. The Morgan fingerprint density at radius 2 is 2.05 bits per heavy atom. The molecular formula is C14H21N3O2. The van der Waals surface area contributed by atoms with Crippen LogP contribution in [0.5, 0.6) is 0 Å². The average Bonchev–Trinajstić information content (AvgIpc) is 2.43. The summed E-state index contributed by atoms with van der Waals surface area (Å²) in [7, 11) is 0. The van der Waals surface area contributed by atoms with E-state index in [2.05, 4.69) is 18.5 Å². The maximum Gasteiger partial charge on any atom is 0.266 e. The number of aliphatic hydroxyl groups is 1. The van der Waals surface area contributed by atoms with Gasteiger partial charge in [0.15, 0.2) is 0 Å². The van der Waals surface area contributed by atoms with Crippen LogP contribution in [-0.4, -0.2) is 41.7 Å². The van der Waals surface area contributed by atoms with E-state index in [9.17, 15) is 4.79 Å². The molecule has 0 aromatic rings. The molecule has 0 heterocycles. The van der Waals surface area contributed by atoms with Gasteiger partial charge >= 0.3 is 0 Å². The van der Waals surface area contributed by atoms with Gasteiger partial charge in [-0.15, -0.1) is 13.2 Å². The lowest BCUT2D eigenvalue weighted by Crippen LogP contribution is -2.34. The van der Waals surface area contributed by atoms with Gasteiger partial charge in [-0.25, -0.2) is 0 Å². The van der Waals surface area contributed by atoms with Crippen molar-refractivity contribution in [2.24, 2.45) is 0 Å². The zero-order valence-electron chi connectivity index (χ0n) is 11.3. The van der Waals surface area contributed by atoms with Crippen LogP contribution in [0.4, 0.5) is 0 Å².